The van der Waals surface area contributed by atoms with Crippen LogP contribution in [0.15, 0.2) is 42.5 Å². The molecule has 0 spiro atoms. The molecule has 0 aliphatic heterocycles. The molecule has 0 amide bonds. The Morgan fingerprint density at radius 3 is 2.32 bits per heavy atom. The third-order valence-corrected chi connectivity index (χ3v) is 3.22. The summed E-state index contributed by atoms with van der Waals surface area (Å²) in [5, 5.41) is 3.20. The Labute approximate surface area is 112 Å². The van der Waals surface area contributed by atoms with Gasteiger partial charge in [0, 0.05) is 0 Å². The number of halogens is 2. The number of rotatable bonds is 4. The highest BCUT2D eigenvalue weighted by Crippen LogP contribution is 2.27. The lowest BCUT2D eigenvalue weighted by atomic mass is 10.0. The van der Waals surface area contributed by atoms with Gasteiger partial charge in [-0.2, -0.15) is 0 Å². The van der Waals surface area contributed by atoms with Crippen LogP contribution in [0, 0.1) is 18.6 Å². The molecule has 0 fully saturated rings. The molecule has 0 saturated carbocycles. The molecule has 19 heavy (non-hydrogen) atoms. The Bertz CT molecular complexity index is 529. The van der Waals surface area contributed by atoms with Crippen molar-refractivity contribution >= 4 is 5.69 Å². The zero-order valence-corrected chi connectivity index (χ0v) is 11.1. The van der Waals surface area contributed by atoms with Crippen LogP contribution >= 0.6 is 0 Å². The molecular formula is C16H17F2N. The van der Waals surface area contributed by atoms with E-state index in [-0.39, 0.29) is 17.7 Å². The molecule has 3 heteroatoms. The zero-order chi connectivity index (χ0) is 13.8. The van der Waals surface area contributed by atoms with Gasteiger partial charge in [0.15, 0.2) is 0 Å². The Hall–Kier alpha value is -1.90. The largest absolute Gasteiger partial charge is 0.376 e. The lowest BCUT2D eigenvalue weighted by molar-refractivity contribution is 0.618. The van der Waals surface area contributed by atoms with Gasteiger partial charge in [-0.05, 0) is 42.7 Å². The molecule has 0 aromatic heterocycles. The number of anilines is 1. The minimum Gasteiger partial charge on any atom is -0.376 e. The number of aryl methyl sites for hydroxylation is 1. The first-order valence-electron chi connectivity index (χ1n) is 6.39. The number of benzene rings is 2. The molecule has 100 valence electrons. The molecule has 1 nitrogen and oxygen atoms in total. The van der Waals surface area contributed by atoms with Gasteiger partial charge in [-0.15, -0.1) is 0 Å². The van der Waals surface area contributed by atoms with Crippen molar-refractivity contribution in [3.8, 4) is 0 Å². The predicted octanol–water partition coefficient (Wildman–Crippen LogP) is 4.84. The summed E-state index contributed by atoms with van der Waals surface area (Å²) in [7, 11) is 0. The van der Waals surface area contributed by atoms with Crippen LogP contribution in [0.1, 0.15) is 30.5 Å². The van der Waals surface area contributed by atoms with Gasteiger partial charge < -0.3 is 5.32 Å². The van der Waals surface area contributed by atoms with E-state index in [4.69, 9.17) is 0 Å². The Kier molecular flexibility index (Phi) is 4.15. The topological polar surface area (TPSA) is 12.0 Å². The number of hydrogen-bond donors (Lipinski definition) is 1. The summed E-state index contributed by atoms with van der Waals surface area (Å²) in [6, 6.07) is 11.3. The second-order valence-corrected chi connectivity index (χ2v) is 4.59. The molecule has 0 aliphatic carbocycles. The van der Waals surface area contributed by atoms with Crippen molar-refractivity contribution in [1.82, 2.24) is 0 Å². The van der Waals surface area contributed by atoms with E-state index in [1.54, 1.807) is 18.2 Å². The van der Waals surface area contributed by atoms with Gasteiger partial charge in [-0.25, -0.2) is 8.78 Å². The molecule has 1 N–H and O–H groups in total. The molecule has 0 radical (unpaired) electrons. The lowest BCUT2D eigenvalue weighted by Crippen LogP contribution is -2.11. The fourth-order valence-electron chi connectivity index (χ4n) is 2.11. The van der Waals surface area contributed by atoms with E-state index in [1.165, 1.54) is 18.2 Å². The van der Waals surface area contributed by atoms with Crippen molar-refractivity contribution in [2.45, 2.75) is 26.3 Å². The van der Waals surface area contributed by atoms with Crippen LogP contribution in [0.5, 0.6) is 0 Å². The summed E-state index contributed by atoms with van der Waals surface area (Å²) in [5.74, 6) is -0.527. The van der Waals surface area contributed by atoms with Crippen LogP contribution in [0.25, 0.3) is 0 Å². The van der Waals surface area contributed by atoms with Crippen LogP contribution in [-0.4, -0.2) is 0 Å². The first-order valence-corrected chi connectivity index (χ1v) is 6.39. The van der Waals surface area contributed by atoms with Crippen LogP contribution in [-0.2, 0) is 0 Å². The fraction of sp³-hybridized carbons (Fsp3) is 0.250. The van der Waals surface area contributed by atoms with Gasteiger partial charge in [-0.3, -0.25) is 0 Å². The summed E-state index contributed by atoms with van der Waals surface area (Å²) in [4.78, 5) is 0. The zero-order valence-electron chi connectivity index (χ0n) is 11.1. The number of hydrogen-bond acceptors (Lipinski definition) is 1. The lowest BCUT2D eigenvalue weighted by Gasteiger charge is -2.20. The Balaban J connectivity index is 2.26. The maximum absolute atomic E-state index is 13.8. The van der Waals surface area contributed by atoms with E-state index in [0.717, 1.165) is 17.5 Å². The van der Waals surface area contributed by atoms with E-state index in [0.29, 0.717) is 5.69 Å². The highest BCUT2D eigenvalue weighted by atomic mass is 19.1. The first-order chi connectivity index (χ1) is 9.11. The molecule has 1 unspecified atom stereocenters. The highest BCUT2D eigenvalue weighted by molar-refractivity contribution is 5.53. The highest BCUT2D eigenvalue weighted by Gasteiger charge is 2.13. The smallest absolute Gasteiger partial charge is 0.146 e. The maximum atomic E-state index is 13.8. The van der Waals surface area contributed by atoms with Gasteiger partial charge >= 0.3 is 0 Å². The normalized spacial score (nSPS) is 12.2. The Morgan fingerprint density at radius 1 is 1.05 bits per heavy atom. The minimum atomic E-state index is -0.263. The number of para-hydroxylation sites is 1. The van der Waals surface area contributed by atoms with Gasteiger partial charge in [-0.1, -0.05) is 31.2 Å². The summed E-state index contributed by atoms with van der Waals surface area (Å²) < 4.78 is 26.7. The third kappa shape index (κ3) is 3.11. The first kappa shape index (κ1) is 13.5. The molecule has 0 bridgehead atoms. The second-order valence-electron chi connectivity index (χ2n) is 4.59. The summed E-state index contributed by atoms with van der Waals surface area (Å²) in [6.07, 6.45) is 0.791. The van der Waals surface area contributed by atoms with Crippen LogP contribution in [0.4, 0.5) is 14.5 Å². The monoisotopic (exact) mass is 261 g/mol. The molecule has 0 aliphatic rings. The maximum Gasteiger partial charge on any atom is 0.146 e. The van der Waals surface area contributed by atoms with E-state index in [1.807, 2.05) is 19.9 Å². The molecule has 1 atom stereocenters. The SMILES string of the molecule is CCC(Nc1c(C)cccc1F)c1ccc(F)cc1. The molecule has 0 saturated heterocycles. The van der Waals surface area contributed by atoms with E-state index in [9.17, 15) is 8.78 Å². The standard InChI is InChI=1S/C16H17F2N/c1-3-15(12-7-9-13(17)10-8-12)19-16-11(2)5-4-6-14(16)18/h4-10,15,19H,3H2,1-2H3. The van der Waals surface area contributed by atoms with Crippen molar-refractivity contribution in [3.05, 3.63) is 65.2 Å². The average molecular weight is 261 g/mol. The van der Waals surface area contributed by atoms with Gasteiger partial charge in [0.25, 0.3) is 0 Å². The molecule has 2 rings (SSSR count). The van der Waals surface area contributed by atoms with Crippen molar-refractivity contribution in [2.75, 3.05) is 5.32 Å². The van der Waals surface area contributed by atoms with E-state index < -0.39 is 0 Å². The fourth-order valence-corrected chi connectivity index (χ4v) is 2.11. The van der Waals surface area contributed by atoms with Gasteiger partial charge in [0.05, 0.1) is 11.7 Å². The molecule has 0 heterocycles. The predicted molar refractivity (Wildman–Crippen MR) is 74.2 cm³/mol. The number of nitrogens with one attached hydrogen (secondary N) is 1. The molecule has 2 aromatic carbocycles. The van der Waals surface area contributed by atoms with E-state index >= 15 is 0 Å². The third-order valence-electron chi connectivity index (χ3n) is 3.22. The van der Waals surface area contributed by atoms with Crippen molar-refractivity contribution < 1.29 is 8.78 Å². The molecular weight excluding hydrogens is 244 g/mol. The van der Waals surface area contributed by atoms with Gasteiger partial charge in [0.1, 0.15) is 11.6 Å². The van der Waals surface area contributed by atoms with Crippen molar-refractivity contribution in [3.63, 3.8) is 0 Å². The van der Waals surface area contributed by atoms with Crippen molar-refractivity contribution in [2.24, 2.45) is 0 Å². The molecule has 2 aromatic rings. The minimum absolute atomic E-state index is 0.0313. The van der Waals surface area contributed by atoms with Gasteiger partial charge in [0.2, 0.25) is 0 Å². The Morgan fingerprint density at radius 2 is 1.74 bits per heavy atom. The summed E-state index contributed by atoms with van der Waals surface area (Å²) >= 11 is 0. The van der Waals surface area contributed by atoms with E-state index in [2.05, 4.69) is 5.32 Å². The van der Waals surface area contributed by atoms with Crippen molar-refractivity contribution in [1.29, 1.82) is 0 Å². The summed E-state index contributed by atoms with van der Waals surface area (Å²) in [6.45, 7) is 3.87. The summed E-state index contributed by atoms with van der Waals surface area (Å²) in [5.41, 5.74) is 2.32. The van der Waals surface area contributed by atoms with Crippen LogP contribution in [0.2, 0.25) is 0 Å². The van der Waals surface area contributed by atoms with Crippen LogP contribution in [0.3, 0.4) is 0 Å². The van der Waals surface area contributed by atoms with Crippen LogP contribution < -0.4 is 5.32 Å². The second kappa shape index (κ2) is 5.83. The quantitative estimate of drug-likeness (QED) is 0.830. The average Bonchev–Trinajstić information content (AvgIpc) is 2.40.